The maximum Gasteiger partial charge on any atom is 0.405 e. The monoisotopic (exact) mass is 389 g/mol. The number of halogens is 3. The molecule has 0 fully saturated rings. The molecule has 0 aliphatic carbocycles. The second kappa shape index (κ2) is 8.40. The summed E-state index contributed by atoms with van der Waals surface area (Å²) in [6, 6.07) is 0. The molecule has 0 saturated carbocycles. The Bertz CT molecular complexity index is 926. The fraction of sp³-hybridized carbons (Fsp3) is 0.625. The van der Waals surface area contributed by atoms with Crippen LogP contribution in [0.25, 0.3) is 11.2 Å². The van der Waals surface area contributed by atoms with E-state index in [2.05, 4.69) is 4.98 Å². The van der Waals surface area contributed by atoms with Crippen LogP contribution in [0.3, 0.4) is 0 Å². The Balaban J connectivity index is 2.50. The number of aryl methyl sites for hydroxylation is 2. The maximum atomic E-state index is 12.8. The van der Waals surface area contributed by atoms with E-state index < -0.39 is 36.4 Å². The van der Waals surface area contributed by atoms with Gasteiger partial charge in [0.25, 0.3) is 5.56 Å². The van der Waals surface area contributed by atoms with Crippen LogP contribution in [0.4, 0.5) is 13.2 Å². The molecule has 0 radical (unpaired) electrons. The van der Waals surface area contributed by atoms with Gasteiger partial charge in [-0.1, -0.05) is 20.3 Å². The molecule has 0 aliphatic rings. The van der Waals surface area contributed by atoms with Crippen molar-refractivity contribution in [1.82, 2.24) is 24.0 Å². The first-order valence-corrected chi connectivity index (χ1v) is 8.71. The number of fused-ring (bicyclic) bond motifs is 1. The highest BCUT2D eigenvalue weighted by Gasteiger charge is 2.28. The maximum absolute atomic E-state index is 12.8. The Hall–Kier alpha value is -2.59. The molecule has 0 unspecified atom stereocenters. The average Bonchev–Trinajstić information content (AvgIpc) is 3.02. The largest absolute Gasteiger partial charge is 0.405 e. The number of unbranched alkanes of at least 4 members (excludes halogenated alkanes) is 1. The van der Waals surface area contributed by atoms with Crippen molar-refractivity contribution in [2.45, 2.75) is 58.9 Å². The summed E-state index contributed by atoms with van der Waals surface area (Å²) in [5.41, 5.74) is -1.12. The van der Waals surface area contributed by atoms with Crippen molar-refractivity contribution in [1.29, 1.82) is 0 Å². The number of amides is 1. The molecule has 0 aromatic carbocycles. The Morgan fingerprint density at radius 2 is 1.85 bits per heavy atom. The zero-order chi connectivity index (χ0) is 20.2. The third-order valence-corrected chi connectivity index (χ3v) is 3.97. The highest BCUT2D eigenvalue weighted by molar-refractivity contribution is 5.76. The third kappa shape index (κ3) is 4.77. The van der Waals surface area contributed by atoms with Gasteiger partial charge in [-0.2, -0.15) is 13.2 Å². The number of rotatable bonds is 8. The highest BCUT2D eigenvalue weighted by Crippen LogP contribution is 2.12. The Kier molecular flexibility index (Phi) is 6.45. The minimum Gasteiger partial charge on any atom is -0.345 e. The van der Waals surface area contributed by atoms with E-state index in [-0.39, 0.29) is 17.7 Å². The van der Waals surface area contributed by atoms with Crippen LogP contribution < -0.4 is 16.6 Å². The molecule has 150 valence electrons. The van der Waals surface area contributed by atoms with Gasteiger partial charge in [0.2, 0.25) is 5.91 Å². The van der Waals surface area contributed by atoms with Gasteiger partial charge in [0.1, 0.15) is 13.1 Å². The standard InChI is InChI=1S/C16H22F3N5O3/c1-3-5-7-22-10-21-13-12(22)14(26)24(15(27)23(13)6-4-2)8-11(25)20-9-16(17,18)19/h10H,3-9H2,1-2H3,(H,20,25). The summed E-state index contributed by atoms with van der Waals surface area (Å²) in [5, 5.41) is 1.67. The first kappa shape index (κ1) is 20.7. The number of aromatic nitrogens is 4. The summed E-state index contributed by atoms with van der Waals surface area (Å²) in [5.74, 6) is -1.06. The van der Waals surface area contributed by atoms with E-state index in [0.717, 1.165) is 12.8 Å². The third-order valence-electron chi connectivity index (χ3n) is 3.97. The fourth-order valence-electron chi connectivity index (χ4n) is 2.70. The van der Waals surface area contributed by atoms with Crippen molar-refractivity contribution in [3.05, 3.63) is 27.2 Å². The molecule has 2 aromatic heterocycles. The molecule has 0 bridgehead atoms. The quantitative estimate of drug-likeness (QED) is 0.736. The smallest absolute Gasteiger partial charge is 0.345 e. The van der Waals surface area contributed by atoms with Crippen LogP contribution in [0.5, 0.6) is 0 Å². The van der Waals surface area contributed by atoms with Gasteiger partial charge in [0.15, 0.2) is 11.2 Å². The van der Waals surface area contributed by atoms with Crippen LogP contribution in [0.2, 0.25) is 0 Å². The summed E-state index contributed by atoms with van der Waals surface area (Å²) >= 11 is 0. The van der Waals surface area contributed by atoms with Crippen molar-refractivity contribution in [3.8, 4) is 0 Å². The van der Waals surface area contributed by atoms with Crippen LogP contribution >= 0.6 is 0 Å². The lowest BCUT2D eigenvalue weighted by atomic mass is 10.3. The van der Waals surface area contributed by atoms with Crippen molar-refractivity contribution in [3.63, 3.8) is 0 Å². The van der Waals surface area contributed by atoms with Crippen LogP contribution in [0.1, 0.15) is 33.1 Å². The number of carbonyl (C=O) groups excluding carboxylic acids is 1. The summed E-state index contributed by atoms with van der Waals surface area (Å²) < 4.78 is 40.3. The summed E-state index contributed by atoms with van der Waals surface area (Å²) in [7, 11) is 0. The number of nitrogens with one attached hydrogen (secondary N) is 1. The molecule has 0 saturated heterocycles. The van der Waals surface area contributed by atoms with E-state index in [1.54, 1.807) is 9.88 Å². The van der Waals surface area contributed by atoms with E-state index >= 15 is 0 Å². The van der Waals surface area contributed by atoms with Gasteiger partial charge in [-0.25, -0.2) is 14.3 Å². The number of hydrogen-bond acceptors (Lipinski definition) is 4. The van der Waals surface area contributed by atoms with Crippen molar-refractivity contribution in [2.75, 3.05) is 6.54 Å². The number of carbonyl (C=O) groups is 1. The number of imidazole rings is 1. The van der Waals surface area contributed by atoms with Crippen molar-refractivity contribution < 1.29 is 18.0 Å². The lowest BCUT2D eigenvalue weighted by Crippen LogP contribution is -2.45. The average molecular weight is 389 g/mol. The molecule has 2 aromatic rings. The summed E-state index contributed by atoms with van der Waals surface area (Å²) in [4.78, 5) is 41.4. The summed E-state index contributed by atoms with van der Waals surface area (Å²) in [6.07, 6.45) is -0.880. The van der Waals surface area contributed by atoms with Gasteiger partial charge in [-0.05, 0) is 12.8 Å². The predicted octanol–water partition coefficient (Wildman–Crippen LogP) is 1.25. The summed E-state index contributed by atoms with van der Waals surface area (Å²) in [6.45, 7) is 2.28. The van der Waals surface area contributed by atoms with Gasteiger partial charge in [-0.3, -0.25) is 14.2 Å². The Morgan fingerprint density at radius 1 is 1.15 bits per heavy atom. The van der Waals surface area contributed by atoms with Gasteiger partial charge >= 0.3 is 11.9 Å². The zero-order valence-corrected chi connectivity index (χ0v) is 15.2. The fourth-order valence-corrected chi connectivity index (χ4v) is 2.70. The number of hydrogen-bond donors (Lipinski definition) is 1. The first-order valence-electron chi connectivity index (χ1n) is 8.71. The second-order valence-corrected chi connectivity index (χ2v) is 6.18. The molecule has 2 rings (SSSR count). The minimum atomic E-state index is -4.58. The molecular formula is C16H22F3N5O3. The van der Waals surface area contributed by atoms with Gasteiger partial charge in [0, 0.05) is 13.1 Å². The van der Waals surface area contributed by atoms with Gasteiger partial charge in [0.05, 0.1) is 6.33 Å². The molecule has 0 aliphatic heterocycles. The van der Waals surface area contributed by atoms with Gasteiger partial charge in [-0.15, -0.1) is 0 Å². The van der Waals surface area contributed by atoms with E-state index in [0.29, 0.717) is 17.5 Å². The molecule has 0 atom stereocenters. The molecule has 27 heavy (non-hydrogen) atoms. The SMILES string of the molecule is CCCCn1cnc2c1c(=O)n(CC(=O)NCC(F)(F)F)c(=O)n2CCC. The van der Waals surface area contributed by atoms with Gasteiger partial charge < -0.3 is 9.88 Å². The van der Waals surface area contributed by atoms with E-state index in [1.807, 2.05) is 13.8 Å². The molecular weight excluding hydrogens is 367 g/mol. The second-order valence-electron chi connectivity index (χ2n) is 6.18. The molecule has 1 amide bonds. The first-order chi connectivity index (χ1) is 12.7. The van der Waals surface area contributed by atoms with E-state index in [9.17, 15) is 27.6 Å². The molecule has 11 heteroatoms. The van der Waals surface area contributed by atoms with Crippen LogP contribution in [-0.4, -0.2) is 37.3 Å². The molecule has 2 heterocycles. The van der Waals surface area contributed by atoms with E-state index in [1.165, 1.54) is 10.9 Å². The van der Waals surface area contributed by atoms with Crippen molar-refractivity contribution in [2.24, 2.45) is 0 Å². The van der Waals surface area contributed by atoms with Crippen LogP contribution in [0, 0.1) is 0 Å². The van der Waals surface area contributed by atoms with E-state index in [4.69, 9.17) is 0 Å². The molecule has 1 N–H and O–H groups in total. The normalized spacial score (nSPS) is 11.9. The van der Waals surface area contributed by atoms with Crippen molar-refractivity contribution >= 4 is 17.1 Å². The topological polar surface area (TPSA) is 90.9 Å². The lowest BCUT2D eigenvalue weighted by molar-refractivity contribution is -0.138. The predicted molar refractivity (Wildman–Crippen MR) is 92.5 cm³/mol. The highest BCUT2D eigenvalue weighted by atomic mass is 19.4. The minimum absolute atomic E-state index is 0.167. The zero-order valence-electron chi connectivity index (χ0n) is 15.2. The Labute approximate surface area is 152 Å². The number of nitrogens with zero attached hydrogens (tertiary/aromatic N) is 4. The Morgan fingerprint density at radius 3 is 2.44 bits per heavy atom. The van der Waals surface area contributed by atoms with Crippen LogP contribution in [-0.2, 0) is 24.4 Å². The molecule has 0 spiro atoms. The molecule has 8 nitrogen and oxygen atoms in total. The van der Waals surface area contributed by atoms with Crippen LogP contribution in [0.15, 0.2) is 15.9 Å². The lowest BCUT2D eigenvalue weighted by Gasteiger charge is -2.13. The number of alkyl halides is 3.